The summed E-state index contributed by atoms with van der Waals surface area (Å²) in [6.45, 7) is 0. The molecule has 0 unspecified atom stereocenters. The van der Waals surface area contributed by atoms with Gasteiger partial charge in [-0.2, -0.15) is 0 Å². The van der Waals surface area contributed by atoms with Gasteiger partial charge in [0.25, 0.3) is 0 Å². The van der Waals surface area contributed by atoms with Crippen molar-refractivity contribution in [1.82, 2.24) is 0 Å². The molecule has 0 heterocycles. The van der Waals surface area contributed by atoms with Gasteiger partial charge in [0.05, 0.1) is 0 Å². The molecular weight excluding hydrogens is 220 g/mol. The summed E-state index contributed by atoms with van der Waals surface area (Å²) < 4.78 is 4.41. The van der Waals surface area contributed by atoms with Gasteiger partial charge in [0.2, 0.25) is 0 Å². The van der Waals surface area contributed by atoms with Crippen LogP contribution in [0, 0.1) is 5.92 Å². The molecule has 2 nitrogen and oxygen atoms in total. The third kappa shape index (κ3) is 3.57. The van der Waals surface area contributed by atoms with E-state index in [1.165, 1.54) is 32.1 Å². The summed E-state index contributed by atoms with van der Waals surface area (Å²) in [5.74, 6) is 0.630. The van der Waals surface area contributed by atoms with Gasteiger partial charge in [0.1, 0.15) is 0 Å². The van der Waals surface area contributed by atoms with Crippen LogP contribution in [-0.2, 0) is 8.62 Å². The van der Waals surface area contributed by atoms with Crippen molar-refractivity contribution >= 4 is 22.2 Å². The van der Waals surface area contributed by atoms with E-state index in [0.717, 1.165) is 12.3 Å². The van der Waals surface area contributed by atoms with E-state index < -0.39 is 0 Å². The molecular formula is C9H15BrO2. The van der Waals surface area contributed by atoms with Crippen LogP contribution in [0.3, 0.4) is 0 Å². The van der Waals surface area contributed by atoms with Gasteiger partial charge in [-0.25, -0.2) is 0 Å². The fourth-order valence-electron chi connectivity index (χ4n) is 1.84. The molecule has 0 amide bonds. The molecule has 3 heteroatoms. The number of hydrogen-bond donors (Lipinski definition) is 0. The average molecular weight is 235 g/mol. The Morgan fingerprint density at radius 3 is 2.58 bits per heavy atom. The van der Waals surface area contributed by atoms with Gasteiger partial charge < -0.3 is 3.83 Å². The highest BCUT2D eigenvalue weighted by molar-refractivity contribution is 9.06. The molecule has 12 heavy (non-hydrogen) atoms. The first-order chi connectivity index (χ1) is 5.83. The van der Waals surface area contributed by atoms with Gasteiger partial charge in [-0.05, 0) is 12.3 Å². The fraction of sp³-hybridized carbons (Fsp3) is 0.889. The maximum atomic E-state index is 10.8. The van der Waals surface area contributed by atoms with Crippen LogP contribution in [-0.4, -0.2) is 5.97 Å². The Morgan fingerprint density at radius 1 is 1.33 bits per heavy atom. The molecule has 0 aromatic rings. The van der Waals surface area contributed by atoms with E-state index in [0.29, 0.717) is 6.42 Å². The van der Waals surface area contributed by atoms with Crippen LogP contribution >= 0.6 is 16.3 Å². The summed E-state index contributed by atoms with van der Waals surface area (Å²) in [6.07, 6.45) is 8.23. The average Bonchev–Trinajstić information content (AvgIpc) is 2.16. The van der Waals surface area contributed by atoms with Gasteiger partial charge in [0.15, 0.2) is 16.3 Å². The summed E-state index contributed by atoms with van der Waals surface area (Å²) in [6, 6.07) is 0. The minimum Gasteiger partial charge on any atom is -0.384 e. The van der Waals surface area contributed by atoms with Gasteiger partial charge >= 0.3 is 5.97 Å². The normalized spacial score (nSPS) is 19.1. The molecule has 0 N–H and O–H groups in total. The van der Waals surface area contributed by atoms with E-state index in [4.69, 9.17) is 0 Å². The topological polar surface area (TPSA) is 26.3 Å². The molecule has 0 aliphatic heterocycles. The summed E-state index contributed by atoms with van der Waals surface area (Å²) in [7, 11) is 0. The second-order valence-electron chi connectivity index (χ2n) is 3.49. The largest absolute Gasteiger partial charge is 0.384 e. The van der Waals surface area contributed by atoms with Crippen LogP contribution in [0.4, 0.5) is 0 Å². The number of carbonyl (C=O) groups excluding carboxylic acids is 1. The summed E-state index contributed by atoms with van der Waals surface area (Å²) >= 11 is 2.69. The molecule has 0 atom stereocenters. The Hall–Kier alpha value is -0.0500. The zero-order valence-electron chi connectivity index (χ0n) is 7.22. The smallest absolute Gasteiger partial charge is 0.317 e. The summed E-state index contributed by atoms with van der Waals surface area (Å²) in [4.78, 5) is 10.8. The second-order valence-corrected chi connectivity index (χ2v) is 3.82. The third-order valence-electron chi connectivity index (χ3n) is 2.57. The Kier molecular flexibility index (Phi) is 4.66. The Morgan fingerprint density at radius 2 is 2.00 bits per heavy atom. The number of hydrogen-bond acceptors (Lipinski definition) is 2. The molecule has 0 spiro atoms. The fourth-order valence-corrected chi connectivity index (χ4v) is 2.00. The molecule has 1 saturated carbocycles. The van der Waals surface area contributed by atoms with Crippen molar-refractivity contribution in [2.24, 2.45) is 5.92 Å². The van der Waals surface area contributed by atoms with Gasteiger partial charge in [-0.15, -0.1) is 0 Å². The van der Waals surface area contributed by atoms with Gasteiger partial charge in [0, 0.05) is 6.42 Å². The van der Waals surface area contributed by atoms with Crippen molar-refractivity contribution in [2.75, 3.05) is 0 Å². The minimum atomic E-state index is -0.138. The maximum Gasteiger partial charge on any atom is 0.317 e. The third-order valence-corrected chi connectivity index (χ3v) is 2.93. The first-order valence-corrected chi connectivity index (χ1v) is 5.29. The quantitative estimate of drug-likeness (QED) is 0.750. The predicted molar refractivity (Wildman–Crippen MR) is 50.8 cm³/mol. The lowest BCUT2D eigenvalue weighted by Gasteiger charge is -2.20. The monoisotopic (exact) mass is 234 g/mol. The second kappa shape index (κ2) is 5.57. The van der Waals surface area contributed by atoms with Crippen molar-refractivity contribution < 1.29 is 8.62 Å². The summed E-state index contributed by atoms with van der Waals surface area (Å²) in [5.41, 5.74) is 0. The van der Waals surface area contributed by atoms with Gasteiger partial charge in [-0.3, -0.25) is 4.79 Å². The first kappa shape index (κ1) is 10.0. The number of carbonyl (C=O) groups is 1. The molecule has 1 rings (SSSR count). The SMILES string of the molecule is O=C(CCC1CCCCC1)OBr. The maximum absolute atomic E-state index is 10.8. The molecule has 0 radical (unpaired) electrons. The first-order valence-electron chi connectivity index (χ1n) is 4.64. The molecule has 0 bridgehead atoms. The van der Waals surface area contributed by atoms with Crippen LogP contribution in [0.25, 0.3) is 0 Å². The van der Waals surface area contributed by atoms with Crippen LogP contribution in [0.1, 0.15) is 44.9 Å². The van der Waals surface area contributed by atoms with Gasteiger partial charge in [-0.1, -0.05) is 32.1 Å². The van der Waals surface area contributed by atoms with Crippen LogP contribution in [0.5, 0.6) is 0 Å². The Bertz CT molecular complexity index is 141. The highest BCUT2D eigenvalue weighted by Gasteiger charge is 2.14. The van der Waals surface area contributed by atoms with E-state index in [1.807, 2.05) is 0 Å². The van der Waals surface area contributed by atoms with Crippen molar-refractivity contribution in [1.29, 1.82) is 0 Å². The Balaban J connectivity index is 2.09. The van der Waals surface area contributed by atoms with E-state index in [1.54, 1.807) is 0 Å². The Labute approximate surface area is 82.1 Å². The zero-order chi connectivity index (χ0) is 8.81. The van der Waals surface area contributed by atoms with E-state index >= 15 is 0 Å². The van der Waals surface area contributed by atoms with E-state index in [2.05, 4.69) is 20.1 Å². The lowest BCUT2D eigenvalue weighted by atomic mass is 9.86. The zero-order valence-corrected chi connectivity index (χ0v) is 8.81. The van der Waals surface area contributed by atoms with Crippen LogP contribution in [0.15, 0.2) is 0 Å². The van der Waals surface area contributed by atoms with Crippen molar-refractivity contribution in [3.05, 3.63) is 0 Å². The molecule has 1 fully saturated rings. The lowest BCUT2D eigenvalue weighted by molar-refractivity contribution is -0.132. The standard InChI is InChI=1S/C9H15BrO2/c10-12-9(11)7-6-8-4-2-1-3-5-8/h8H,1-7H2. The van der Waals surface area contributed by atoms with Crippen molar-refractivity contribution in [2.45, 2.75) is 44.9 Å². The lowest BCUT2D eigenvalue weighted by Crippen LogP contribution is -2.08. The van der Waals surface area contributed by atoms with Crippen molar-refractivity contribution in [3.63, 3.8) is 0 Å². The molecule has 0 aromatic carbocycles. The van der Waals surface area contributed by atoms with Crippen LogP contribution in [0.2, 0.25) is 0 Å². The molecule has 1 aliphatic rings. The highest BCUT2D eigenvalue weighted by Crippen LogP contribution is 2.27. The highest BCUT2D eigenvalue weighted by atomic mass is 79.9. The predicted octanol–water partition coefficient (Wildman–Crippen LogP) is 3.20. The number of rotatable bonds is 3. The molecule has 0 saturated heterocycles. The van der Waals surface area contributed by atoms with E-state index in [-0.39, 0.29) is 5.97 Å². The number of halogens is 1. The van der Waals surface area contributed by atoms with E-state index in [9.17, 15) is 4.79 Å². The van der Waals surface area contributed by atoms with Crippen LogP contribution < -0.4 is 0 Å². The molecule has 0 aromatic heterocycles. The van der Waals surface area contributed by atoms with Crippen molar-refractivity contribution in [3.8, 4) is 0 Å². The minimum absolute atomic E-state index is 0.138. The molecule has 1 aliphatic carbocycles. The summed E-state index contributed by atoms with van der Waals surface area (Å²) in [5, 5.41) is 0. The molecule has 70 valence electrons.